The van der Waals surface area contributed by atoms with Crippen LogP contribution in [0.1, 0.15) is 51.2 Å². The second kappa shape index (κ2) is 16.0. The van der Waals surface area contributed by atoms with E-state index in [1.165, 1.54) is 0 Å². The summed E-state index contributed by atoms with van der Waals surface area (Å²) in [5.74, 6) is -0.0776. The maximum absolute atomic E-state index is 13.9. The summed E-state index contributed by atoms with van der Waals surface area (Å²) in [4.78, 5) is 41.9. The van der Waals surface area contributed by atoms with Crippen molar-refractivity contribution >= 4 is 17.8 Å². The number of urea groups is 1. The molecule has 4 atom stereocenters. The highest BCUT2D eigenvalue weighted by Crippen LogP contribution is 2.20. The highest BCUT2D eigenvalue weighted by atomic mass is 16.5. The van der Waals surface area contributed by atoms with Gasteiger partial charge in [0.05, 0.1) is 18.7 Å². The number of benzene rings is 2. The number of aliphatic hydroxyl groups is 1. The van der Waals surface area contributed by atoms with E-state index in [9.17, 15) is 19.5 Å². The molecule has 1 aliphatic rings. The Bertz CT molecular complexity index is 1100. The van der Waals surface area contributed by atoms with Gasteiger partial charge in [-0.3, -0.25) is 14.5 Å². The molecule has 4 N–H and O–H groups in total. The second-order valence-electron chi connectivity index (χ2n) is 10.4. The van der Waals surface area contributed by atoms with E-state index < -0.39 is 30.1 Å². The first-order valence-electron chi connectivity index (χ1n) is 14.4. The number of β-amino-alcohol motifs (C(OH)–C–C–N with tert-alkyl or cyclic N) is 1. The number of hydrogen-bond donors (Lipinski definition) is 4. The molecule has 0 spiro atoms. The molecule has 9 heteroatoms. The van der Waals surface area contributed by atoms with Gasteiger partial charge in [-0.2, -0.15) is 0 Å². The number of carbonyl (C=O) groups excluding carboxylic acids is 3. The summed E-state index contributed by atoms with van der Waals surface area (Å²) in [6.45, 7) is 6.72. The third-order valence-electron chi connectivity index (χ3n) is 7.37. The molecule has 218 valence electrons. The van der Waals surface area contributed by atoms with E-state index in [2.05, 4.69) is 16.0 Å². The predicted octanol–water partition coefficient (Wildman–Crippen LogP) is 3.05. The van der Waals surface area contributed by atoms with Gasteiger partial charge in [0.25, 0.3) is 0 Å². The summed E-state index contributed by atoms with van der Waals surface area (Å²) in [6, 6.07) is 15.0. The fourth-order valence-electron chi connectivity index (χ4n) is 4.67. The molecule has 0 saturated heterocycles. The van der Waals surface area contributed by atoms with Crippen LogP contribution in [0.4, 0.5) is 4.79 Å². The fourth-order valence-corrected chi connectivity index (χ4v) is 4.67. The van der Waals surface area contributed by atoms with Crippen molar-refractivity contribution in [3.8, 4) is 5.75 Å². The number of aryl methyl sites for hydroxylation is 1. The van der Waals surface area contributed by atoms with Crippen LogP contribution in [0.15, 0.2) is 54.6 Å². The van der Waals surface area contributed by atoms with Crippen LogP contribution in [0.3, 0.4) is 0 Å². The minimum atomic E-state index is -0.898. The van der Waals surface area contributed by atoms with Crippen LogP contribution in [0.5, 0.6) is 5.75 Å². The number of nitrogens with one attached hydrogen (secondary N) is 3. The quantitative estimate of drug-likeness (QED) is 0.419. The van der Waals surface area contributed by atoms with Crippen molar-refractivity contribution in [2.24, 2.45) is 5.92 Å². The minimum Gasteiger partial charge on any atom is -0.492 e. The summed E-state index contributed by atoms with van der Waals surface area (Å²) < 4.78 is 6.05. The molecule has 40 heavy (non-hydrogen) atoms. The van der Waals surface area contributed by atoms with Crippen molar-refractivity contribution in [2.45, 2.75) is 71.1 Å². The van der Waals surface area contributed by atoms with E-state index in [1.54, 1.807) is 6.92 Å². The lowest BCUT2D eigenvalue weighted by Gasteiger charge is -2.32. The Morgan fingerprint density at radius 3 is 2.45 bits per heavy atom. The molecule has 1 unspecified atom stereocenters. The summed E-state index contributed by atoms with van der Waals surface area (Å²) in [7, 11) is 0. The van der Waals surface area contributed by atoms with Crippen LogP contribution >= 0.6 is 0 Å². The Hall–Kier alpha value is -3.43. The highest BCUT2D eigenvalue weighted by molar-refractivity contribution is 5.99. The van der Waals surface area contributed by atoms with Crippen molar-refractivity contribution in [3.63, 3.8) is 0 Å². The number of fused-ring (bicyclic) bond motifs is 1. The first kappa shape index (κ1) is 31.1. The zero-order valence-electron chi connectivity index (χ0n) is 23.9. The number of nitrogens with zero attached hydrogens (tertiary/aromatic N) is 1. The average molecular weight is 553 g/mol. The number of aliphatic hydroxyl groups excluding tert-OH is 1. The number of hydrogen-bond acceptors (Lipinski definition) is 6. The molecule has 0 aromatic heterocycles. The molecule has 0 radical (unpaired) electrons. The first-order chi connectivity index (χ1) is 19.3. The second-order valence-corrected chi connectivity index (χ2v) is 10.4. The minimum absolute atomic E-state index is 0.0839. The van der Waals surface area contributed by atoms with Crippen LogP contribution in [0.25, 0.3) is 0 Å². The van der Waals surface area contributed by atoms with E-state index in [0.29, 0.717) is 39.0 Å². The van der Waals surface area contributed by atoms with E-state index >= 15 is 0 Å². The molecule has 0 aliphatic carbocycles. The van der Waals surface area contributed by atoms with Gasteiger partial charge in [0, 0.05) is 19.5 Å². The number of rotatable bonds is 7. The zero-order chi connectivity index (χ0) is 28.9. The van der Waals surface area contributed by atoms with Gasteiger partial charge in [-0.05, 0) is 42.4 Å². The number of carbonyl (C=O) groups is 3. The normalized spacial score (nSPS) is 21.3. The van der Waals surface area contributed by atoms with E-state index in [4.69, 9.17) is 4.74 Å². The van der Waals surface area contributed by atoms with Crippen molar-refractivity contribution in [2.75, 3.05) is 26.2 Å². The first-order valence-corrected chi connectivity index (χ1v) is 14.4. The molecule has 1 heterocycles. The molecular formula is C31H44N4O5. The van der Waals surface area contributed by atoms with Gasteiger partial charge in [-0.15, -0.1) is 0 Å². The van der Waals surface area contributed by atoms with E-state index in [1.807, 2.05) is 68.4 Å². The number of amides is 4. The Morgan fingerprint density at radius 2 is 1.73 bits per heavy atom. The molecule has 2 aromatic carbocycles. The molecule has 9 nitrogen and oxygen atoms in total. The van der Waals surface area contributed by atoms with Gasteiger partial charge in [-0.1, -0.05) is 75.7 Å². The number of imide groups is 1. The molecule has 1 aliphatic heterocycles. The molecule has 0 fully saturated rings. The van der Waals surface area contributed by atoms with Gasteiger partial charge in [0.1, 0.15) is 18.4 Å². The molecule has 0 bridgehead atoms. The summed E-state index contributed by atoms with van der Waals surface area (Å²) in [5, 5.41) is 19.5. The Kier molecular flexibility index (Phi) is 12.4. The van der Waals surface area contributed by atoms with Gasteiger partial charge in [-0.25, -0.2) is 4.79 Å². The molecule has 0 saturated carbocycles. The van der Waals surface area contributed by atoms with Crippen LogP contribution in [0.2, 0.25) is 0 Å². The van der Waals surface area contributed by atoms with Crippen LogP contribution in [-0.2, 0) is 22.4 Å². The third-order valence-corrected chi connectivity index (χ3v) is 7.37. The zero-order valence-corrected chi connectivity index (χ0v) is 23.9. The van der Waals surface area contributed by atoms with Crippen LogP contribution in [-0.4, -0.2) is 72.3 Å². The Balaban J connectivity index is 1.93. The van der Waals surface area contributed by atoms with Crippen molar-refractivity contribution in [1.82, 2.24) is 20.9 Å². The maximum atomic E-state index is 13.9. The fraction of sp³-hybridized carbons (Fsp3) is 0.516. The summed E-state index contributed by atoms with van der Waals surface area (Å²) in [6.07, 6.45) is 1.87. The molecular weight excluding hydrogens is 508 g/mol. The van der Waals surface area contributed by atoms with Crippen molar-refractivity contribution in [1.29, 1.82) is 0 Å². The van der Waals surface area contributed by atoms with Gasteiger partial charge in [0.2, 0.25) is 11.8 Å². The maximum Gasteiger partial charge on any atom is 0.324 e. The van der Waals surface area contributed by atoms with Gasteiger partial charge < -0.3 is 25.8 Å². The highest BCUT2D eigenvalue weighted by Gasteiger charge is 2.34. The summed E-state index contributed by atoms with van der Waals surface area (Å²) >= 11 is 0. The standard InChI is InChI=1S/C31H44N4O5/c1-4-22(3)28-30(38)35(21-25(36)5-2)31(39)34-26(20-23-12-7-6-8-13-23)29(37)33-17-11-15-24-14-9-10-16-27(24)40-19-18-32-28/h6-10,12-14,16,22,25-26,28,32,36H,4-5,11,15,17-21H2,1-3H3,(H,33,37)(H,34,39)/t22?,25-,26+,28-/m0/s1. The number of ether oxygens (including phenoxy) is 1. The molecule has 2 aromatic rings. The third kappa shape index (κ3) is 9.06. The lowest BCUT2D eigenvalue weighted by molar-refractivity contribution is -0.133. The Labute approximate surface area is 237 Å². The predicted molar refractivity (Wildman–Crippen MR) is 155 cm³/mol. The van der Waals surface area contributed by atoms with Gasteiger partial charge >= 0.3 is 6.03 Å². The SMILES string of the molecule is CCC(C)[C@@H]1NCCOc2ccccc2CCCNC(=O)[C@@H](Cc2ccccc2)NC(=O)N(C[C@@H](O)CC)C1=O. The van der Waals surface area contributed by atoms with E-state index in [0.717, 1.165) is 28.2 Å². The number of para-hydroxylation sites is 1. The average Bonchev–Trinajstić information content (AvgIpc) is 2.97. The molecule has 4 amide bonds. The van der Waals surface area contributed by atoms with Crippen molar-refractivity contribution < 1.29 is 24.2 Å². The van der Waals surface area contributed by atoms with Crippen molar-refractivity contribution in [3.05, 3.63) is 65.7 Å². The largest absolute Gasteiger partial charge is 0.492 e. The van der Waals surface area contributed by atoms with Gasteiger partial charge in [0.15, 0.2) is 0 Å². The Morgan fingerprint density at radius 1 is 1.00 bits per heavy atom. The van der Waals surface area contributed by atoms with Crippen LogP contribution < -0.4 is 20.7 Å². The lowest BCUT2D eigenvalue weighted by Crippen LogP contribution is -2.59. The summed E-state index contributed by atoms with van der Waals surface area (Å²) in [5.41, 5.74) is 1.93. The molecule has 3 rings (SSSR count). The lowest BCUT2D eigenvalue weighted by atomic mass is 9.97. The van der Waals surface area contributed by atoms with E-state index in [-0.39, 0.29) is 24.8 Å². The topological polar surface area (TPSA) is 120 Å². The van der Waals surface area contributed by atoms with Crippen LogP contribution in [0, 0.1) is 5.92 Å². The monoisotopic (exact) mass is 552 g/mol. The smallest absolute Gasteiger partial charge is 0.324 e.